The summed E-state index contributed by atoms with van der Waals surface area (Å²) >= 11 is 0. The molecule has 0 unspecified atom stereocenters. The first-order valence-electron chi connectivity index (χ1n) is 4.57. The van der Waals surface area contributed by atoms with Gasteiger partial charge in [-0.2, -0.15) is 0 Å². The Labute approximate surface area is 81.4 Å². The van der Waals surface area contributed by atoms with E-state index in [-0.39, 0.29) is 5.82 Å². The van der Waals surface area contributed by atoms with Crippen LogP contribution in [0.2, 0.25) is 0 Å². The molecule has 0 spiro atoms. The maximum Gasteiger partial charge on any atom is 0.363 e. The van der Waals surface area contributed by atoms with Crippen molar-refractivity contribution in [1.29, 1.82) is 0 Å². The Morgan fingerprint density at radius 2 is 2.29 bits per heavy atom. The summed E-state index contributed by atoms with van der Waals surface area (Å²) < 4.78 is 0. The highest BCUT2D eigenvalue weighted by Crippen LogP contribution is 2.27. The van der Waals surface area contributed by atoms with Gasteiger partial charge in [0.05, 0.1) is 0 Å². The van der Waals surface area contributed by atoms with Crippen LogP contribution in [0, 0.1) is 10.1 Å². The van der Waals surface area contributed by atoms with E-state index in [1.54, 1.807) is 12.3 Å². The van der Waals surface area contributed by atoms with Gasteiger partial charge in [-0.1, -0.05) is 6.08 Å². The van der Waals surface area contributed by atoms with E-state index < -0.39 is 4.92 Å². The Balaban J connectivity index is 2.25. The first-order valence-corrected chi connectivity index (χ1v) is 4.57. The Hall–Kier alpha value is -1.71. The number of allylic oxidation sites excluding steroid dienone is 2. The first kappa shape index (κ1) is 8.87. The molecule has 2 rings (SSSR count). The van der Waals surface area contributed by atoms with Crippen LogP contribution in [0.5, 0.6) is 0 Å². The summed E-state index contributed by atoms with van der Waals surface area (Å²) in [6, 6.07) is 3.22. The van der Waals surface area contributed by atoms with E-state index >= 15 is 0 Å². The zero-order valence-electron chi connectivity index (χ0n) is 7.64. The van der Waals surface area contributed by atoms with E-state index in [1.165, 1.54) is 18.1 Å². The molecule has 0 aliphatic heterocycles. The van der Waals surface area contributed by atoms with Crippen LogP contribution in [0.3, 0.4) is 0 Å². The molecule has 0 N–H and O–H groups in total. The minimum atomic E-state index is -0.479. The van der Waals surface area contributed by atoms with Crippen LogP contribution in [-0.2, 0) is 0 Å². The molecule has 0 fully saturated rings. The fourth-order valence-electron chi connectivity index (χ4n) is 1.62. The van der Waals surface area contributed by atoms with Gasteiger partial charge in [-0.3, -0.25) is 0 Å². The highest BCUT2D eigenvalue weighted by molar-refractivity contribution is 5.66. The van der Waals surface area contributed by atoms with E-state index in [0.29, 0.717) is 0 Å². The summed E-state index contributed by atoms with van der Waals surface area (Å²) in [6.07, 6.45) is 7.08. The lowest BCUT2D eigenvalue weighted by molar-refractivity contribution is -0.389. The van der Waals surface area contributed by atoms with Crippen molar-refractivity contribution in [2.75, 3.05) is 0 Å². The summed E-state index contributed by atoms with van der Waals surface area (Å²) in [6.45, 7) is 0. The average molecular weight is 190 g/mol. The van der Waals surface area contributed by atoms with E-state index in [9.17, 15) is 10.1 Å². The zero-order chi connectivity index (χ0) is 9.97. The number of nitro groups is 1. The van der Waals surface area contributed by atoms with Crippen molar-refractivity contribution in [3.05, 3.63) is 40.1 Å². The Kier molecular flexibility index (Phi) is 2.26. The number of nitrogens with zero attached hydrogens (tertiary/aromatic N) is 2. The molecule has 1 aliphatic rings. The van der Waals surface area contributed by atoms with Crippen molar-refractivity contribution in [2.45, 2.75) is 19.3 Å². The number of pyridine rings is 1. The van der Waals surface area contributed by atoms with Gasteiger partial charge in [-0.25, -0.2) is 0 Å². The van der Waals surface area contributed by atoms with Crippen molar-refractivity contribution in [3.63, 3.8) is 0 Å². The molecule has 0 bridgehead atoms. The van der Waals surface area contributed by atoms with Gasteiger partial charge >= 0.3 is 5.82 Å². The van der Waals surface area contributed by atoms with Gasteiger partial charge in [0.25, 0.3) is 0 Å². The predicted octanol–water partition coefficient (Wildman–Crippen LogP) is 2.56. The van der Waals surface area contributed by atoms with E-state index in [0.717, 1.165) is 18.4 Å². The van der Waals surface area contributed by atoms with Crippen LogP contribution >= 0.6 is 0 Å². The monoisotopic (exact) mass is 190 g/mol. The van der Waals surface area contributed by atoms with E-state index in [1.807, 2.05) is 0 Å². The maximum atomic E-state index is 10.4. The lowest BCUT2D eigenvalue weighted by Crippen LogP contribution is -1.92. The van der Waals surface area contributed by atoms with Crippen molar-refractivity contribution in [2.24, 2.45) is 0 Å². The van der Waals surface area contributed by atoms with Gasteiger partial charge < -0.3 is 10.1 Å². The van der Waals surface area contributed by atoms with Gasteiger partial charge in [-0.15, -0.1) is 0 Å². The Morgan fingerprint density at radius 1 is 1.43 bits per heavy atom. The average Bonchev–Trinajstić information content (AvgIpc) is 2.71. The van der Waals surface area contributed by atoms with Gasteiger partial charge in [0.1, 0.15) is 6.20 Å². The van der Waals surface area contributed by atoms with Crippen LogP contribution in [0.15, 0.2) is 24.4 Å². The Morgan fingerprint density at radius 3 is 2.79 bits per heavy atom. The molecular weight excluding hydrogens is 180 g/mol. The minimum absolute atomic E-state index is 0.0904. The third kappa shape index (κ3) is 1.64. The van der Waals surface area contributed by atoms with Crippen molar-refractivity contribution < 1.29 is 4.92 Å². The molecule has 0 saturated heterocycles. The molecule has 0 radical (unpaired) electrons. The molecule has 1 aliphatic carbocycles. The second-order valence-electron chi connectivity index (χ2n) is 3.28. The maximum absolute atomic E-state index is 10.4. The topological polar surface area (TPSA) is 56.0 Å². The second-order valence-corrected chi connectivity index (χ2v) is 3.28. The summed E-state index contributed by atoms with van der Waals surface area (Å²) in [5, 5.41) is 10.4. The zero-order valence-corrected chi connectivity index (χ0v) is 7.64. The summed E-state index contributed by atoms with van der Waals surface area (Å²) in [4.78, 5) is 13.7. The molecule has 4 nitrogen and oxygen atoms in total. The molecule has 72 valence electrons. The third-order valence-corrected chi connectivity index (χ3v) is 2.35. The smallest absolute Gasteiger partial charge is 0.358 e. The van der Waals surface area contributed by atoms with Crippen molar-refractivity contribution >= 4 is 11.4 Å². The van der Waals surface area contributed by atoms with Crippen LogP contribution in [0.1, 0.15) is 24.8 Å². The van der Waals surface area contributed by atoms with Crippen molar-refractivity contribution in [1.82, 2.24) is 4.98 Å². The lowest BCUT2D eigenvalue weighted by atomic mass is 10.1. The highest BCUT2D eigenvalue weighted by Gasteiger charge is 2.11. The van der Waals surface area contributed by atoms with Crippen LogP contribution < -0.4 is 0 Å². The summed E-state index contributed by atoms with van der Waals surface area (Å²) in [7, 11) is 0. The molecule has 0 saturated carbocycles. The largest absolute Gasteiger partial charge is 0.363 e. The molecule has 1 aromatic rings. The number of aromatic nitrogens is 1. The predicted molar refractivity (Wildman–Crippen MR) is 52.7 cm³/mol. The fourth-order valence-corrected chi connectivity index (χ4v) is 1.62. The fraction of sp³-hybridized carbons (Fsp3) is 0.300. The van der Waals surface area contributed by atoms with E-state index in [4.69, 9.17) is 0 Å². The molecule has 1 aromatic heterocycles. The lowest BCUT2D eigenvalue weighted by Gasteiger charge is -1.98. The van der Waals surface area contributed by atoms with Crippen LogP contribution in [0.25, 0.3) is 5.57 Å². The summed E-state index contributed by atoms with van der Waals surface area (Å²) in [5.74, 6) is -0.0904. The molecule has 4 heteroatoms. The van der Waals surface area contributed by atoms with Gasteiger partial charge in [0, 0.05) is 11.6 Å². The second kappa shape index (κ2) is 3.57. The van der Waals surface area contributed by atoms with Gasteiger partial charge in [0.15, 0.2) is 0 Å². The number of hydrogen-bond donors (Lipinski definition) is 0. The highest BCUT2D eigenvalue weighted by atomic mass is 16.6. The van der Waals surface area contributed by atoms with Crippen LogP contribution in [0.4, 0.5) is 5.82 Å². The van der Waals surface area contributed by atoms with Crippen LogP contribution in [-0.4, -0.2) is 9.91 Å². The molecular formula is C10H10N2O2. The molecule has 0 aromatic carbocycles. The quantitative estimate of drug-likeness (QED) is 0.532. The van der Waals surface area contributed by atoms with E-state index in [2.05, 4.69) is 11.1 Å². The minimum Gasteiger partial charge on any atom is -0.358 e. The number of rotatable bonds is 2. The normalized spacial score (nSPS) is 15.3. The number of hydrogen-bond acceptors (Lipinski definition) is 3. The standard InChI is InChI=1S/C10H10N2O2/c13-12(14)10-6-5-9(7-11-10)8-3-1-2-4-8/h3,5-7H,1-2,4H2. The SMILES string of the molecule is O=[N+]([O-])c1ccc(C2=CCCC2)cn1. The summed E-state index contributed by atoms with van der Waals surface area (Å²) in [5.41, 5.74) is 2.26. The first-order chi connectivity index (χ1) is 6.77. The van der Waals surface area contributed by atoms with Gasteiger partial charge in [0.2, 0.25) is 0 Å². The third-order valence-electron chi connectivity index (χ3n) is 2.35. The van der Waals surface area contributed by atoms with Crippen molar-refractivity contribution in [3.8, 4) is 0 Å². The Bertz CT molecular complexity index is 382. The van der Waals surface area contributed by atoms with Gasteiger partial charge in [-0.05, 0) is 40.8 Å². The molecule has 0 atom stereocenters. The molecule has 0 amide bonds. The molecule has 14 heavy (non-hydrogen) atoms. The molecule has 1 heterocycles.